The van der Waals surface area contributed by atoms with E-state index in [4.69, 9.17) is 14.2 Å². The number of para-hydroxylation sites is 1. The number of nitriles is 1. The zero-order chi connectivity index (χ0) is 17.8. The smallest absolute Gasteiger partial charge is 0.162 e. The fourth-order valence-corrected chi connectivity index (χ4v) is 2.64. The lowest BCUT2D eigenvalue weighted by Gasteiger charge is -2.14. The molecule has 26 heavy (non-hydrogen) atoms. The lowest BCUT2D eigenvalue weighted by molar-refractivity contribution is 0.355. The number of methoxy groups -OCH3 is 3. The number of benzene rings is 2. The second-order valence-electron chi connectivity index (χ2n) is 5.21. The number of rotatable bonds is 5. The molecule has 1 aromatic heterocycles. The zero-order valence-electron chi connectivity index (χ0n) is 14.6. The minimum Gasteiger partial charge on any atom is -0.494 e. The molecule has 6 nitrogen and oxygen atoms in total. The van der Waals surface area contributed by atoms with Gasteiger partial charge in [-0.05, 0) is 18.2 Å². The lowest BCUT2D eigenvalue weighted by Crippen LogP contribution is -1.99. The Morgan fingerprint density at radius 3 is 2.35 bits per heavy atom. The van der Waals surface area contributed by atoms with E-state index >= 15 is 0 Å². The Morgan fingerprint density at radius 1 is 0.962 bits per heavy atom. The van der Waals surface area contributed by atoms with E-state index in [2.05, 4.69) is 16.4 Å². The van der Waals surface area contributed by atoms with Gasteiger partial charge in [0.05, 0.1) is 32.6 Å². The van der Waals surface area contributed by atoms with E-state index in [1.807, 2.05) is 30.3 Å². The molecule has 7 heteroatoms. The van der Waals surface area contributed by atoms with Crippen LogP contribution in [0.5, 0.6) is 17.2 Å². The first-order chi connectivity index (χ1) is 12.2. The quantitative estimate of drug-likeness (QED) is 0.720. The maximum atomic E-state index is 9.46. The Bertz CT molecular complexity index is 970. The number of ether oxygens (including phenoxy) is 3. The highest BCUT2D eigenvalue weighted by atomic mass is 35.5. The van der Waals surface area contributed by atoms with Crippen LogP contribution in [-0.2, 0) is 0 Å². The topological polar surface area (TPSA) is 76.4 Å². The summed E-state index contributed by atoms with van der Waals surface area (Å²) >= 11 is 0. The molecule has 0 spiro atoms. The van der Waals surface area contributed by atoms with Crippen LogP contribution in [-0.4, -0.2) is 26.3 Å². The van der Waals surface area contributed by atoms with Gasteiger partial charge in [-0.3, -0.25) is 4.98 Å². The van der Waals surface area contributed by atoms with Gasteiger partial charge in [0.1, 0.15) is 17.3 Å². The van der Waals surface area contributed by atoms with Crippen LogP contribution < -0.4 is 19.5 Å². The van der Waals surface area contributed by atoms with E-state index in [0.717, 1.165) is 11.1 Å². The molecule has 1 N–H and O–H groups in total. The van der Waals surface area contributed by atoms with Crippen LogP contribution in [0.1, 0.15) is 5.56 Å². The van der Waals surface area contributed by atoms with Crippen molar-refractivity contribution in [3.05, 3.63) is 48.2 Å². The second-order valence-corrected chi connectivity index (χ2v) is 5.21. The normalized spacial score (nSPS) is 9.77. The Hall–Kier alpha value is -3.17. The molecule has 2 aromatic carbocycles. The van der Waals surface area contributed by atoms with Crippen LogP contribution >= 0.6 is 12.4 Å². The number of anilines is 2. The maximum absolute atomic E-state index is 9.46. The molecule has 0 unspecified atom stereocenters. The van der Waals surface area contributed by atoms with Crippen LogP contribution in [0.4, 0.5) is 11.4 Å². The molecule has 0 fully saturated rings. The summed E-state index contributed by atoms with van der Waals surface area (Å²) in [5.41, 5.74) is 2.56. The molecule has 0 saturated heterocycles. The summed E-state index contributed by atoms with van der Waals surface area (Å²) in [6, 6.07) is 13.2. The largest absolute Gasteiger partial charge is 0.494 e. The predicted molar refractivity (Wildman–Crippen MR) is 103 cm³/mol. The van der Waals surface area contributed by atoms with E-state index in [-0.39, 0.29) is 12.4 Å². The van der Waals surface area contributed by atoms with Crippen LogP contribution in [0.2, 0.25) is 0 Å². The molecule has 0 aliphatic rings. The Kier molecular flexibility index (Phi) is 6.10. The van der Waals surface area contributed by atoms with E-state index in [9.17, 15) is 5.26 Å². The number of pyridine rings is 1. The van der Waals surface area contributed by atoms with E-state index in [1.165, 1.54) is 6.20 Å². The summed E-state index contributed by atoms with van der Waals surface area (Å²) in [4.78, 5) is 4.35. The van der Waals surface area contributed by atoms with Crippen LogP contribution in [0.15, 0.2) is 42.6 Å². The molecule has 134 valence electrons. The number of halogens is 1. The van der Waals surface area contributed by atoms with Crippen molar-refractivity contribution in [3.8, 4) is 23.3 Å². The van der Waals surface area contributed by atoms with Gasteiger partial charge in [0.25, 0.3) is 0 Å². The van der Waals surface area contributed by atoms with Crippen LogP contribution in [0.3, 0.4) is 0 Å². The van der Waals surface area contributed by atoms with Gasteiger partial charge in [-0.1, -0.05) is 12.1 Å². The molecule has 3 aromatic rings. The van der Waals surface area contributed by atoms with Crippen molar-refractivity contribution < 1.29 is 14.2 Å². The minimum absolute atomic E-state index is 0. The molecule has 0 aliphatic heterocycles. The minimum atomic E-state index is 0. The molecule has 0 aliphatic carbocycles. The van der Waals surface area contributed by atoms with Crippen LogP contribution in [0, 0.1) is 11.3 Å². The van der Waals surface area contributed by atoms with Crippen molar-refractivity contribution in [1.29, 1.82) is 5.26 Å². The zero-order valence-corrected chi connectivity index (χ0v) is 15.4. The van der Waals surface area contributed by atoms with Gasteiger partial charge in [-0.2, -0.15) is 5.26 Å². The van der Waals surface area contributed by atoms with Crippen molar-refractivity contribution in [1.82, 2.24) is 4.98 Å². The average molecular weight is 372 g/mol. The van der Waals surface area contributed by atoms with E-state index in [0.29, 0.717) is 34.0 Å². The van der Waals surface area contributed by atoms with Gasteiger partial charge < -0.3 is 19.5 Å². The summed E-state index contributed by atoms with van der Waals surface area (Å²) in [5, 5.41) is 13.5. The summed E-state index contributed by atoms with van der Waals surface area (Å²) in [6.45, 7) is 0. The molecular formula is C19H18ClN3O3. The number of aromatic nitrogens is 1. The third kappa shape index (κ3) is 3.44. The van der Waals surface area contributed by atoms with Gasteiger partial charge in [-0.15, -0.1) is 12.4 Å². The van der Waals surface area contributed by atoms with Crippen molar-refractivity contribution in [2.45, 2.75) is 0 Å². The third-order valence-corrected chi connectivity index (χ3v) is 3.85. The second kappa shape index (κ2) is 8.28. The summed E-state index contributed by atoms with van der Waals surface area (Å²) in [5.74, 6) is 1.88. The molecular weight excluding hydrogens is 354 g/mol. The standard InChI is InChI=1S/C19H17N3O3.ClH/c1-23-15-8-7-13(9-17(15)25-3)22-18-12(10-20)11-21-19-14(18)5-4-6-16(19)24-2;/h4-9,11H,1-3H3,(H,21,22);1H. The summed E-state index contributed by atoms with van der Waals surface area (Å²) < 4.78 is 16.0. The predicted octanol–water partition coefficient (Wildman–Crippen LogP) is 4.30. The van der Waals surface area contributed by atoms with Crippen molar-refractivity contribution in [2.75, 3.05) is 26.6 Å². The molecule has 0 amide bonds. The van der Waals surface area contributed by atoms with Crippen LogP contribution in [0.25, 0.3) is 10.9 Å². The maximum Gasteiger partial charge on any atom is 0.162 e. The molecule has 0 bridgehead atoms. The highest BCUT2D eigenvalue weighted by Crippen LogP contribution is 2.35. The first-order valence-corrected chi connectivity index (χ1v) is 7.56. The third-order valence-electron chi connectivity index (χ3n) is 3.85. The Morgan fingerprint density at radius 2 is 1.69 bits per heavy atom. The van der Waals surface area contributed by atoms with Gasteiger partial charge >= 0.3 is 0 Å². The van der Waals surface area contributed by atoms with E-state index < -0.39 is 0 Å². The summed E-state index contributed by atoms with van der Waals surface area (Å²) in [7, 11) is 4.76. The highest BCUT2D eigenvalue weighted by Gasteiger charge is 2.13. The number of hydrogen-bond acceptors (Lipinski definition) is 6. The van der Waals surface area contributed by atoms with Crippen molar-refractivity contribution in [3.63, 3.8) is 0 Å². The molecule has 1 heterocycles. The fraction of sp³-hybridized carbons (Fsp3) is 0.158. The summed E-state index contributed by atoms with van der Waals surface area (Å²) in [6.07, 6.45) is 1.54. The number of nitrogens with one attached hydrogen (secondary N) is 1. The number of nitrogens with zero attached hydrogens (tertiary/aromatic N) is 2. The SMILES string of the molecule is COc1ccc(Nc2c(C#N)cnc3c(OC)cccc23)cc1OC.Cl. The molecule has 0 saturated carbocycles. The van der Waals surface area contributed by atoms with Crippen molar-refractivity contribution >= 4 is 34.7 Å². The van der Waals surface area contributed by atoms with Gasteiger partial charge in [0, 0.05) is 23.3 Å². The molecule has 3 rings (SSSR count). The van der Waals surface area contributed by atoms with E-state index in [1.54, 1.807) is 27.4 Å². The number of fused-ring (bicyclic) bond motifs is 1. The lowest BCUT2D eigenvalue weighted by atomic mass is 10.1. The molecule has 0 radical (unpaired) electrons. The first-order valence-electron chi connectivity index (χ1n) is 7.56. The Labute approximate surface area is 157 Å². The van der Waals surface area contributed by atoms with Gasteiger partial charge in [-0.25, -0.2) is 0 Å². The molecule has 0 atom stereocenters. The Balaban J connectivity index is 0.00000243. The monoisotopic (exact) mass is 371 g/mol. The number of hydrogen-bond donors (Lipinski definition) is 1. The van der Waals surface area contributed by atoms with Gasteiger partial charge in [0.2, 0.25) is 0 Å². The van der Waals surface area contributed by atoms with Crippen molar-refractivity contribution in [2.24, 2.45) is 0 Å². The average Bonchev–Trinajstić information content (AvgIpc) is 2.67. The van der Waals surface area contributed by atoms with Gasteiger partial charge in [0.15, 0.2) is 11.5 Å². The fourth-order valence-electron chi connectivity index (χ4n) is 2.64. The first kappa shape index (κ1) is 19.2. The highest BCUT2D eigenvalue weighted by molar-refractivity contribution is 5.98.